The van der Waals surface area contributed by atoms with Crippen molar-refractivity contribution in [1.82, 2.24) is 5.32 Å². The van der Waals surface area contributed by atoms with Crippen molar-refractivity contribution in [2.45, 2.75) is 58.9 Å². The normalized spacial score (nSPS) is 19.9. The molecule has 1 fully saturated rings. The summed E-state index contributed by atoms with van der Waals surface area (Å²) in [5.41, 5.74) is -0.609. The molecule has 2 N–H and O–H groups in total. The van der Waals surface area contributed by atoms with E-state index < -0.39 is 11.4 Å². The predicted octanol–water partition coefficient (Wildman–Crippen LogP) is 2.66. The van der Waals surface area contributed by atoms with E-state index in [2.05, 4.69) is 12.2 Å². The van der Waals surface area contributed by atoms with Gasteiger partial charge in [-0.2, -0.15) is 0 Å². The lowest BCUT2D eigenvalue weighted by Crippen LogP contribution is -2.36. The molecule has 0 aromatic rings. The van der Waals surface area contributed by atoms with E-state index in [9.17, 15) is 4.79 Å². The quantitative estimate of drug-likeness (QED) is 0.733. The number of rotatable bonds is 6. The molecule has 1 aliphatic rings. The average molecular weight is 227 g/mol. The third kappa shape index (κ3) is 3.78. The van der Waals surface area contributed by atoms with Crippen LogP contribution in [-0.2, 0) is 4.79 Å². The van der Waals surface area contributed by atoms with Gasteiger partial charge in [-0.15, -0.1) is 0 Å². The van der Waals surface area contributed by atoms with Crippen LogP contribution in [0.2, 0.25) is 0 Å². The number of nitrogens with one attached hydrogen (secondary N) is 1. The predicted molar refractivity (Wildman–Crippen MR) is 65.5 cm³/mol. The molecule has 1 unspecified atom stereocenters. The van der Waals surface area contributed by atoms with Gasteiger partial charge in [0, 0.05) is 6.04 Å². The van der Waals surface area contributed by atoms with Crippen LogP contribution in [0.5, 0.6) is 0 Å². The Kier molecular flexibility index (Phi) is 4.78. The van der Waals surface area contributed by atoms with Gasteiger partial charge in [0.2, 0.25) is 0 Å². The first-order valence-corrected chi connectivity index (χ1v) is 6.40. The molecule has 1 aliphatic carbocycles. The summed E-state index contributed by atoms with van der Waals surface area (Å²) in [5.74, 6) is 0.0933. The highest BCUT2D eigenvalue weighted by Gasteiger charge is 2.27. The lowest BCUT2D eigenvalue weighted by atomic mass is 9.89. The van der Waals surface area contributed by atoms with E-state index >= 15 is 0 Å². The van der Waals surface area contributed by atoms with Gasteiger partial charge in [0.15, 0.2) is 0 Å². The summed E-state index contributed by atoms with van der Waals surface area (Å²) in [5, 5.41) is 12.5. The third-order valence-electron chi connectivity index (χ3n) is 3.90. The molecule has 0 radical (unpaired) electrons. The van der Waals surface area contributed by atoms with E-state index in [0.717, 1.165) is 12.5 Å². The van der Waals surface area contributed by atoms with Gasteiger partial charge in [-0.3, -0.25) is 4.79 Å². The molecule has 3 nitrogen and oxygen atoms in total. The van der Waals surface area contributed by atoms with Crippen molar-refractivity contribution in [2.75, 3.05) is 6.54 Å². The van der Waals surface area contributed by atoms with Gasteiger partial charge in [-0.1, -0.05) is 12.8 Å². The van der Waals surface area contributed by atoms with Crippen molar-refractivity contribution in [3.63, 3.8) is 0 Å². The lowest BCUT2D eigenvalue weighted by molar-refractivity contribution is -0.147. The van der Waals surface area contributed by atoms with Crippen molar-refractivity contribution in [2.24, 2.45) is 11.3 Å². The molecule has 0 amide bonds. The maximum Gasteiger partial charge on any atom is 0.309 e. The number of aliphatic carboxylic acids is 1. The molecule has 1 saturated carbocycles. The molecule has 94 valence electrons. The highest BCUT2D eigenvalue weighted by molar-refractivity contribution is 5.73. The first-order chi connectivity index (χ1) is 7.43. The molecule has 0 saturated heterocycles. The van der Waals surface area contributed by atoms with Gasteiger partial charge >= 0.3 is 5.97 Å². The fraction of sp³-hybridized carbons (Fsp3) is 0.923. The Morgan fingerprint density at radius 3 is 2.50 bits per heavy atom. The first-order valence-electron chi connectivity index (χ1n) is 6.40. The zero-order valence-corrected chi connectivity index (χ0v) is 10.8. The second-order valence-electron chi connectivity index (χ2n) is 5.73. The molecule has 16 heavy (non-hydrogen) atoms. The average Bonchev–Trinajstić information content (AvgIpc) is 2.69. The van der Waals surface area contributed by atoms with E-state index in [1.165, 1.54) is 25.7 Å². The second kappa shape index (κ2) is 5.67. The Bertz CT molecular complexity index is 232. The Morgan fingerprint density at radius 1 is 1.44 bits per heavy atom. The van der Waals surface area contributed by atoms with Crippen molar-refractivity contribution in [3.05, 3.63) is 0 Å². The monoisotopic (exact) mass is 227 g/mol. The molecular formula is C13H25NO2. The van der Waals surface area contributed by atoms with Crippen molar-refractivity contribution in [3.8, 4) is 0 Å². The molecule has 3 heteroatoms. The van der Waals surface area contributed by atoms with Crippen LogP contribution < -0.4 is 5.32 Å². The summed E-state index contributed by atoms with van der Waals surface area (Å²) in [6, 6.07) is 0.534. The minimum absolute atomic E-state index is 0.534. The summed E-state index contributed by atoms with van der Waals surface area (Å²) in [6.45, 7) is 6.61. The SMILES string of the molecule is CC(NCCC(C)(C)C(=O)O)C1CCCC1. The number of carbonyl (C=O) groups is 1. The van der Waals surface area contributed by atoms with E-state index in [0.29, 0.717) is 12.5 Å². The molecule has 1 atom stereocenters. The molecule has 1 rings (SSSR count). The zero-order valence-electron chi connectivity index (χ0n) is 10.8. The van der Waals surface area contributed by atoms with Gasteiger partial charge in [-0.05, 0) is 52.5 Å². The number of hydrogen-bond acceptors (Lipinski definition) is 2. The van der Waals surface area contributed by atoms with Crippen LogP contribution in [0.25, 0.3) is 0 Å². The molecule has 0 spiro atoms. The van der Waals surface area contributed by atoms with Gasteiger partial charge in [0.1, 0.15) is 0 Å². The van der Waals surface area contributed by atoms with Gasteiger partial charge in [-0.25, -0.2) is 0 Å². The maximum atomic E-state index is 10.9. The largest absolute Gasteiger partial charge is 0.481 e. The standard InChI is InChI=1S/C13H25NO2/c1-10(11-6-4-5-7-11)14-9-8-13(2,3)12(15)16/h10-11,14H,4-9H2,1-3H3,(H,15,16). The van der Waals surface area contributed by atoms with E-state index in [4.69, 9.17) is 5.11 Å². The summed E-state index contributed by atoms with van der Waals surface area (Å²) in [7, 11) is 0. The minimum atomic E-state index is -0.706. The number of hydrogen-bond donors (Lipinski definition) is 2. The number of carboxylic acid groups (broad SMARTS) is 1. The Morgan fingerprint density at radius 2 is 2.00 bits per heavy atom. The van der Waals surface area contributed by atoms with E-state index in [1.807, 2.05) is 0 Å². The number of carboxylic acids is 1. The highest BCUT2D eigenvalue weighted by atomic mass is 16.4. The van der Waals surface area contributed by atoms with Crippen LogP contribution in [-0.4, -0.2) is 23.7 Å². The molecule has 0 heterocycles. The zero-order chi connectivity index (χ0) is 12.2. The summed E-state index contributed by atoms with van der Waals surface area (Å²) >= 11 is 0. The van der Waals surface area contributed by atoms with Crippen LogP contribution in [0.1, 0.15) is 52.9 Å². The first kappa shape index (κ1) is 13.5. The topological polar surface area (TPSA) is 49.3 Å². The van der Waals surface area contributed by atoms with Crippen LogP contribution in [0.4, 0.5) is 0 Å². The van der Waals surface area contributed by atoms with Crippen molar-refractivity contribution < 1.29 is 9.90 Å². The van der Waals surface area contributed by atoms with Crippen molar-refractivity contribution in [1.29, 1.82) is 0 Å². The van der Waals surface area contributed by atoms with Gasteiger partial charge < -0.3 is 10.4 Å². The summed E-state index contributed by atoms with van der Waals surface area (Å²) in [6.07, 6.45) is 6.07. The van der Waals surface area contributed by atoms with E-state index in [1.54, 1.807) is 13.8 Å². The summed E-state index contributed by atoms with van der Waals surface area (Å²) in [4.78, 5) is 10.9. The fourth-order valence-electron chi connectivity index (χ4n) is 2.34. The maximum absolute atomic E-state index is 10.9. The van der Waals surface area contributed by atoms with Gasteiger partial charge in [0.05, 0.1) is 5.41 Å². The minimum Gasteiger partial charge on any atom is -0.481 e. The molecule has 0 bridgehead atoms. The Labute approximate surface area is 98.6 Å². The van der Waals surface area contributed by atoms with Crippen LogP contribution in [0.3, 0.4) is 0 Å². The summed E-state index contributed by atoms with van der Waals surface area (Å²) < 4.78 is 0. The fourth-order valence-corrected chi connectivity index (χ4v) is 2.34. The van der Waals surface area contributed by atoms with Gasteiger partial charge in [0.25, 0.3) is 0 Å². The third-order valence-corrected chi connectivity index (χ3v) is 3.90. The lowest BCUT2D eigenvalue weighted by Gasteiger charge is -2.24. The smallest absolute Gasteiger partial charge is 0.309 e. The van der Waals surface area contributed by atoms with Crippen molar-refractivity contribution >= 4 is 5.97 Å². The Hall–Kier alpha value is -0.570. The second-order valence-corrected chi connectivity index (χ2v) is 5.73. The van der Waals surface area contributed by atoms with Crippen LogP contribution in [0, 0.1) is 11.3 Å². The van der Waals surface area contributed by atoms with Crippen LogP contribution in [0.15, 0.2) is 0 Å². The molecular weight excluding hydrogens is 202 g/mol. The highest BCUT2D eigenvalue weighted by Crippen LogP contribution is 2.27. The molecule has 0 aromatic carbocycles. The Balaban J connectivity index is 2.21. The van der Waals surface area contributed by atoms with Crippen LogP contribution >= 0.6 is 0 Å². The molecule has 0 aromatic heterocycles. The molecule has 0 aliphatic heterocycles. The van der Waals surface area contributed by atoms with E-state index in [-0.39, 0.29) is 0 Å².